The first kappa shape index (κ1) is 24.4. The number of anilines is 1. The summed E-state index contributed by atoms with van der Waals surface area (Å²) in [7, 11) is 0. The molecule has 1 heterocycles. The van der Waals surface area contributed by atoms with Crippen LogP contribution < -0.4 is 5.32 Å². The minimum atomic E-state index is -0.545. The van der Waals surface area contributed by atoms with E-state index in [0.29, 0.717) is 12.6 Å². The number of aromatic nitrogens is 2. The van der Waals surface area contributed by atoms with Crippen molar-refractivity contribution in [2.75, 3.05) is 11.9 Å². The van der Waals surface area contributed by atoms with Gasteiger partial charge in [0.05, 0.1) is 12.1 Å². The zero-order valence-electron chi connectivity index (χ0n) is 21.0. The van der Waals surface area contributed by atoms with E-state index in [1.165, 1.54) is 6.92 Å². The number of carbonyl (C=O) groups is 2. The van der Waals surface area contributed by atoms with Crippen LogP contribution in [0.2, 0.25) is 0 Å². The van der Waals surface area contributed by atoms with E-state index in [9.17, 15) is 9.59 Å². The highest BCUT2D eigenvalue weighted by Crippen LogP contribution is 2.31. The van der Waals surface area contributed by atoms with E-state index in [1.807, 2.05) is 64.1 Å². The van der Waals surface area contributed by atoms with Gasteiger partial charge in [0.25, 0.3) is 5.91 Å². The summed E-state index contributed by atoms with van der Waals surface area (Å²) in [5.74, 6) is 0.511. The predicted molar refractivity (Wildman–Crippen MR) is 136 cm³/mol. The lowest BCUT2D eigenvalue weighted by atomic mass is 10.0. The summed E-state index contributed by atoms with van der Waals surface area (Å²) in [4.78, 5) is 41.0. The van der Waals surface area contributed by atoms with Gasteiger partial charge in [-0.05, 0) is 75.4 Å². The fraction of sp³-hybridized carbons (Fsp3) is 0.407. The molecule has 0 saturated heterocycles. The number of hydroxylamine groups is 2. The molecule has 1 N–H and O–H groups in total. The molecule has 0 unspecified atom stereocenters. The van der Waals surface area contributed by atoms with Crippen molar-refractivity contribution in [3.8, 4) is 11.1 Å². The standard InChI is InChI=1S/C27H33N5O3/c1-6-31(27(3,4)5)26(34)35-32(18(2)33)16-19-8-7-9-20(14-19)21-10-13-24-23(15-21)25(29-17-28-24)30-22-11-12-22/h7-10,13-15,17,22H,6,11-12,16H2,1-5H3,(H,28,29,30). The number of hydrogen-bond acceptors (Lipinski definition) is 6. The Bertz CT molecular complexity index is 1230. The number of rotatable bonds is 6. The average molecular weight is 476 g/mol. The maximum atomic E-state index is 12.7. The molecule has 184 valence electrons. The molecule has 3 aromatic rings. The van der Waals surface area contributed by atoms with Crippen LogP contribution in [0.5, 0.6) is 0 Å². The molecule has 0 spiro atoms. The van der Waals surface area contributed by atoms with Crippen LogP contribution >= 0.6 is 0 Å². The van der Waals surface area contributed by atoms with E-state index in [4.69, 9.17) is 4.84 Å². The smallest absolute Gasteiger partial charge is 0.367 e. The summed E-state index contributed by atoms with van der Waals surface area (Å²) < 4.78 is 0. The summed E-state index contributed by atoms with van der Waals surface area (Å²) >= 11 is 0. The van der Waals surface area contributed by atoms with Crippen LogP contribution in [-0.4, -0.2) is 50.1 Å². The van der Waals surface area contributed by atoms with Gasteiger partial charge in [-0.2, -0.15) is 5.06 Å². The molecule has 1 saturated carbocycles. The van der Waals surface area contributed by atoms with Crippen LogP contribution in [0.4, 0.5) is 10.6 Å². The normalized spacial score (nSPS) is 13.4. The summed E-state index contributed by atoms with van der Waals surface area (Å²) in [6.45, 7) is 9.70. The molecule has 0 bridgehead atoms. The molecule has 4 rings (SSSR count). The maximum Gasteiger partial charge on any atom is 0.434 e. The van der Waals surface area contributed by atoms with Crippen molar-refractivity contribution in [1.82, 2.24) is 19.9 Å². The molecular formula is C27H33N5O3. The Morgan fingerprint density at radius 3 is 2.49 bits per heavy atom. The van der Waals surface area contributed by atoms with Crippen LogP contribution in [0.25, 0.3) is 22.0 Å². The summed E-state index contributed by atoms with van der Waals surface area (Å²) in [6, 6.07) is 14.5. The Morgan fingerprint density at radius 2 is 1.83 bits per heavy atom. The lowest BCUT2D eigenvalue weighted by Crippen LogP contribution is -2.48. The molecular weight excluding hydrogens is 442 g/mol. The summed E-state index contributed by atoms with van der Waals surface area (Å²) in [5.41, 5.74) is 3.33. The van der Waals surface area contributed by atoms with Crippen LogP contribution in [0.15, 0.2) is 48.8 Å². The molecule has 8 nitrogen and oxygen atoms in total. The maximum absolute atomic E-state index is 12.7. The molecule has 0 radical (unpaired) electrons. The highest BCUT2D eigenvalue weighted by molar-refractivity contribution is 5.92. The van der Waals surface area contributed by atoms with Crippen LogP contribution in [0.3, 0.4) is 0 Å². The van der Waals surface area contributed by atoms with Crippen molar-refractivity contribution >= 4 is 28.7 Å². The fourth-order valence-corrected chi connectivity index (χ4v) is 4.02. The Labute approximate surface area is 206 Å². The van der Waals surface area contributed by atoms with Crippen LogP contribution in [0.1, 0.15) is 53.0 Å². The van der Waals surface area contributed by atoms with E-state index >= 15 is 0 Å². The molecule has 2 aromatic carbocycles. The first-order valence-electron chi connectivity index (χ1n) is 12.0. The van der Waals surface area contributed by atoms with Gasteiger partial charge in [-0.15, -0.1) is 0 Å². The third-order valence-corrected chi connectivity index (χ3v) is 6.03. The van der Waals surface area contributed by atoms with Crippen LogP contribution in [-0.2, 0) is 16.2 Å². The first-order valence-corrected chi connectivity index (χ1v) is 12.0. The topological polar surface area (TPSA) is 87.7 Å². The third kappa shape index (κ3) is 5.88. The lowest BCUT2D eigenvalue weighted by molar-refractivity contribution is -0.170. The highest BCUT2D eigenvalue weighted by atomic mass is 16.7. The van der Waals surface area contributed by atoms with Gasteiger partial charge in [0.2, 0.25) is 0 Å². The van der Waals surface area contributed by atoms with Gasteiger partial charge in [0, 0.05) is 30.4 Å². The summed E-state index contributed by atoms with van der Waals surface area (Å²) in [6.07, 6.45) is 3.37. The molecule has 8 heteroatoms. The average Bonchev–Trinajstić information content (AvgIpc) is 3.62. The summed E-state index contributed by atoms with van der Waals surface area (Å²) in [5, 5.41) is 5.57. The van der Waals surface area contributed by atoms with Crippen molar-refractivity contribution in [1.29, 1.82) is 0 Å². The van der Waals surface area contributed by atoms with Gasteiger partial charge in [-0.25, -0.2) is 14.8 Å². The van der Waals surface area contributed by atoms with Crippen molar-refractivity contribution in [3.05, 3.63) is 54.4 Å². The largest absolute Gasteiger partial charge is 0.434 e. The number of amides is 2. The van der Waals surface area contributed by atoms with Crippen molar-refractivity contribution < 1.29 is 14.4 Å². The first-order chi connectivity index (χ1) is 16.7. The van der Waals surface area contributed by atoms with E-state index in [-0.39, 0.29) is 12.5 Å². The zero-order chi connectivity index (χ0) is 25.2. The van der Waals surface area contributed by atoms with Gasteiger partial charge < -0.3 is 15.1 Å². The number of nitrogens with one attached hydrogen (secondary N) is 1. The van der Waals surface area contributed by atoms with Crippen LogP contribution in [0, 0.1) is 0 Å². The van der Waals surface area contributed by atoms with Crippen molar-refractivity contribution in [3.63, 3.8) is 0 Å². The third-order valence-electron chi connectivity index (χ3n) is 6.03. The second-order valence-electron chi connectivity index (χ2n) is 9.90. The number of benzene rings is 2. The number of nitrogens with zero attached hydrogens (tertiary/aromatic N) is 4. The van der Waals surface area contributed by atoms with Crippen molar-refractivity contribution in [2.24, 2.45) is 0 Å². The van der Waals surface area contributed by atoms with Gasteiger partial charge in [0.15, 0.2) is 0 Å². The lowest BCUT2D eigenvalue weighted by Gasteiger charge is -2.34. The minimum absolute atomic E-state index is 0.155. The SMILES string of the molecule is CCN(C(=O)ON(Cc1cccc(-c2ccc3ncnc(NC4CC4)c3c2)c1)C(C)=O)C(C)(C)C. The molecule has 1 aromatic heterocycles. The Balaban J connectivity index is 1.56. The van der Waals surface area contributed by atoms with E-state index in [2.05, 4.69) is 21.4 Å². The molecule has 1 aliphatic rings. The minimum Gasteiger partial charge on any atom is -0.367 e. The quantitative estimate of drug-likeness (QED) is 0.481. The van der Waals surface area contributed by atoms with E-state index < -0.39 is 11.6 Å². The second-order valence-corrected chi connectivity index (χ2v) is 9.90. The van der Waals surface area contributed by atoms with E-state index in [1.54, 1.807) is 11.2 Å². The monoisotopic (exact) mass is 475 g/mol. The Kier molecular flexibility index (Phi) is 6.91. The number of carbonyl (C=O) groups excluding carboxylic acids is 2. The number of hydrogen-bond donors (Lipinski definition) is 1. The number of fused-ring (bicyclic) bond motifs is 1. The molecule has 35 heavy (non-hydrogen) atoms. The molecule has 0 aliphatic heterocycles. The van der Waals surface area contributed by atoms with E-state index in [0.717, 1.165) is 51.3 Å². The molecule has 2 amide bonds. The van der Waals surface area contributed by atoms with Gasteiger partial charge in [0.1, 0.15) is 12.1 Å². The van der Waals surface area contributed by atoms with Gasteiger partial charge in [-0.3, -0.25) is 4.79 Å². The Morgan fingerprint density at radius 1 is 1.09 bits per heavy atom. The van der Waals surface area contributed by atoms with Gasteiger partial charge in [-0.1, -0.05) is 24.3 Å². The Hall–Kier alpha value is -3.68. The fourth-order valence-electron chi connectivity index (χ4n) is 4.02. The van der Waals surface area contributed by atoms with Gasteiger partial charge >= 0.3 is 6.09 Å². The second kappa shape index (κ2) is 9.90. The predicted octanol–water partition coefficient (Wildman–Crippen LogP) is 5.39. The van der Waals surface area contributed by atoms with Crippen molar-refractivity contribution in [2.45, 2.75) is 65.6 Å². The molecule has 0 atom stereocenters. The highest BCUT2D eigenvalue weighted by Gasteiger charge is 2.29. The molecule has 1 fully saturated rings. The zero-order valence-corrected chi connectivity index (χ0v) is 21.0. The molecule has 1 aliphatic carbocycles.